The first-order valence-corrected chi connectivity index (χ1v) is 8.22. The first kappa shape index (κ1) is 18.6. The minimum absolute atomic E-state index is 0.635. The fourth-order valence-electron chi connectivity index (χ4n) is 2.24. The summed E-state index contributed by atoms with van der Waals surface area (Å²) < 4.78 is 5.99. The minimum Gasteiger partial charge on any atom is -0.457 e. The summed E-state index contributed by atoms with van der Waals surface area (Å²) in [6.07, 6.45) is 6.16. The van der Waals surface area contributed by atoms with Crippen LogP contribution in [0.4, 0.5) is 5.69 Å². The van der Waals surface area contributed by atoms with Gasteiger partial charge in [-0.3, -0.25) is 0 Å². The summed E-state index contributed by atoms with van der Waals surface area (Å²) >= 11 is 0. The van der Waals surface area contributed by atoms with Crippen LogP contribution < -0.4 is 4.74 Å². The number of aryl methyl sites for hydroxylation is 2. The second-order valence-corrected chi connectivity index (χ2v) is 5.97. The number of aliphatic hydroxyl groups is 1. The summed E-state index contributed by atoms with van der Waals surface area (Å²) in [6.45, 7) is 6.97. The normalized spacial score (nSPS) is 12.0. The van der Waals surface area contributed by atoms with Gasteiger partial charge in [0.25, 0.3) is 0 Å². The number of hydrogen-bond acceptors (Lipinski definition) is 3. The Morgan fingerprint density at radius 2 is 2.04 bits per heavy atom. The van der Waals surface area contributed by atoms with E-state index < -0.39 is 6.10 Å². The zero-order chi connectivity index (χ0) is 18.4. The molecule has 25 heavy (non-hydrogen) atoms. The monoisotopic (exact) mass is 336 g/mol. The standard InChI is InChI=1S/C21H24N2O2/c1-6-20(24)17-9-8-10-18(13-17)25-21-12-15(3)19(11-16(21)4)22-14-23(5)7-2/h1,8-14,20,24H,7H2,2-5H3/b22-14+. The summed E-state index contributed by atoms with van der Waals surface area (Å²) in [5.41, 5.74) is 3.57. The number of ether oxygens (including phenoxy) is 1. The molecule has 2 rings (SSSR count). The van der Waals surface area contributed by atoms with E-state index in [0.29, 0.717) is 11.3 Å². The van der Waals surface area contributed by atoms with E-state index in [2.05, 4.69) is 17.8 Å². The first-order chi connectivity index (χ1) is 11.9. The first-order valence-electron chi connectivity index (χ1n) is 8.22. The van der Waals surface area contributed by atoms with Gasteiger partial charge < -0.3 is 14.7 Å². The van der Waals surface area contributed by atoms with Crippen LogP contribution in [0.2, 0.25) is 0 Å². The predicted octanol–water partition coefficient (Wildman–Crippen LogP) is 4.37. The Labute approximate surface area is 149 Å². The van der Waals surface area contributed by atoms with E-state index in [9.17, 15) is 5.11 Å². The Kier molecular flexibility index (Phi) is 6.21. The van der Waals surface area contributed by atoms with Crippen LogP contribution in [0.5, 0.6) is 11.5 Å². The van der Waals surface area contributed by atoms with Gasteiger partial charge in [0.2, 0.25) is 0 Å². The molecule has 0 aromatic heterocycles. The van der Waals surface area contributed by atoms with Crippen molar-refractivity contribution in [1.82, 2.24) is 4.90 Å². The number of terminal acetylenes is 1. The molecule has 2 aromatic rings. The van der Waals surface area contributed by atoms with Crippen LogP contribution in [0.25, 0.3) is 0 Å². The zero-order valence-corrected chi connectivity index (χ0v) is 15.2. The maximum Gasteiger partial charge on any atom is 0.140 e. The third kappa shape index (κ3) is 4.85. The third-order valence-electron chi connectivity index (χ3n) is 3.95. The lowest BCUT2D eigenvalue weighted by molar-refractivity contribution is 0.238. The van der Waals surface area contributed by atoms with E-state index in [0.717, 1.165) is 29.1 Å². The van der Waals surface area contributed by atoms with E-state index in [1.165, 1.54) is 0 Å². The van der Waals surface area contributed by atoms with Crippen molar-refractivity contribution >= 4 is 12.0 Å². The summed E-state index contributed by atoms with van der Waals surface area (Å²) in [4.78, 5) is 6.54. The van der Waals surface area contributed by atoms with E-state index in [-0.39, 0.29) is 0 Å². The number of aliphatic hydroxyl groups excluding tert-OH is 1. The van der Waals surface area contributed by atoms with Crippen molar-refractivity contribution in [2.75, 3.05) is 13.6 Å². The maximum absolute atomic E-state index is 9.77. The van der Waals surface area contributed by atoms with Gasteiger partial charge >= 0.3 is 0 Å². The molecular formula is C21H24N2O2. The van der Waals surface area contributed by atoms with Crippen molar-refractivity contribution < 1.29 is 9.84 Å². The largest absolute Gasteiger partial charge is 0.457 e. The van der Waals surface area contributed by atoms with Crippen molar-refractivity contribution in [2.24, 2.45) is 4.99 Å². The average Bonchev–Trinajstić information content (AvgIpc) is 2.62. The zero-order valence-electron chi connectivity index (χ0n) is 15.2. The molecule has 0 saturated carbocycles. The SMILES string of the molecule is C#CC(O)c1cccc(Oc2cc(C)c(/N=C/N(C)CC)cc2C)c1. The fourth-order valence-corrected chi connectivity index (χ4v) is 2.24. The number of aliphatic imine (C=N–C) groups is 1. The van der Waals surface area contributed by atoms with Crippen molar-refractivity contribution in [2.45, 2.75) is 26.9 Å². The Balaban J connectivity index is 2.25. The molecule has 130 valence electrons. The molecule has 4 heteroatoms. The second kappa shape index (κ2) is 8.36. The van der Waals surface area contributed by atoms with Crippen LogP contribution in [0, 0.1) is 26.2 Å². The molecule has 0 spiro atoms. The van der Waals surface area contributed by atoms with Gasteiger partial charge in [0.05, 0.1) is 12.0 Å². The Morgan fingerprint density at radius 3 is 2.72 bits per heavy atom. The van der Waals surface area contributed by atoms with E-state index in [1.807, 2.05) is 56.4 Å². The average molecular weight is 336 g/mol. The molecule has 0 amide bonds. The van der Waals surface area contributed by atoms with Crippen molar-refractivity contribution in [3.05, 3.63) is 53.1 Å². The van der Waals surface area contributed by atoms with Crippen LogP contribution in [0.1, 0.15) is 29.7 Å². The third-order valence-corrected chi connectivity index (χ3v) is 3.95. The Hall–Kier alpha value is -2.77. The van der Waals surface area contributed by atoms with Crippen LogP contribution >= 0.6 is 0 Å². The lowest BCUT2D eigenvalue weighted by Gasteiger charge is -2.13. The highest BCUT2D eigenvalue weighted by molar-refractivity contribution is 5.64. The molecule has 1 unspecified atom stereocenters. The molecular weight excluding hydrogens is 312 g/mol. The van der Waals surface area contributed by atoms with Crippen LogP contribution in [-0.4, -0.2) is 29.9 Å². The van der Waals surface area contributed by atoms with Gasteiger partial charge in [-0.15, -0.1) is 6.42 Å². The highest BCUT2D eigenvalue weighted by atomic mass is 16.5. The number of hydrogen-bond donors (Lipinski definition) is 1. The molecule has 0 fully saturated rings. The van der Waals surface area contributed by atoms with Crippen molar-refractivity contribution in [3.63, 3.8) is 0 Å². The summed E-state index contributed by atoms with van der Waals surface area (Å²) in [5.74, 6) is 3.70. The van der Waals surface area contributed by atoms with Gasteiger partial charge in [0.1, 0.15) is 17.6 Å². The molecule has 1 N–H and O–H groups in total. The molecule has 0 bridgehead atoms. The molecule has 1 atom stereocenters. The summed E-state index contributed by atoms with van der Waals surface area (Å²) in [5, 5.41) is 9.77. The highest BCUT2D eigenvalue weighted by Crippen LogP contribution is 2.32. The molecule has 0 radical (unpaired) electrons. The molecule has 0 aliphatic carbocycles. The smallest absolute Gasteiger partial charge is 0.140 e. The van der Waals surface area contributed by atoms with E-state index in [1.54, 1.807) is 12.1 Å². The minimum atomic E-state index is -0.932. The van der Waals surface area contributed by atoms with Crippen LogP contribution in [0.3, 0.4) is 0 Å². The lowest BCUT2D eigenvalue weighted by atomic mass is 10.1. The predicted molar refractivity (Wildman–Crippen MR) is 103 cm³/mol. The fraction of sp³-hybridized carbons (Fsp3) is 0.286. The molecule has 0 aliphatic heterocycles. The van der Waals surface area contributed by atoms with Gasteiger partial charge in [-0.1, -0.05) is 18.1 Å². The van der Waals surface area contributed by atoms with Crippen LogP contribution in [0.15, 0.2) is 41.4 Å². The van der Waals surface area contributed by atoms with Gasteiger partial charge in [0.15, 0.2) is 0 Å². The van der Waals surface area contributed by atoms with Gasteiger partial charge in [-0.2, -0.15) is 0 Å². The van der Waals surface area contributed by atoms with Crippen molar-refractivity contribution in [3.8, 4) is 23.8 Å². The molecule has 0 aliphatic rings. The molecule has 0 saturated heterocycles. The molecule has 0 heterocycles. The number of benzene rings is 2. The number of rotatable bonds is 6. The summed E-state index contributed by atoms with van der Waals surface area (Å²) in [7, 11) is 1.99. The summed E-state index contributed by atoms with van der Waals surface area (Å²) in [6, 6.07) is 11.2. The number of nitrogens with zero attached hydrogens (tertiary/aromatic N) is 2. The van der Waals surface area contributed by atoms with Gasteiger partial charge in [0, 0.05) is 13.6 Å². The van der Waals surface area contributed by atoms with Crippen LogP contribution in [-0.2, 0) is 0 Å². The lowest BCUT2D eigenvalue weighted by Crippen LogP contribution is -2.14. The quantitative estimate of drug-likeness (QED) is 0.484. The Bertz CT molecular complexity index is 806. The van der Waals surface area contributed by atoms with Gasteiger partial charge in [-0.05, 0) is 61.7 Å². The van der Waals surface area contributed by atoms with Gasteiger partial charge in [-0.25, -0.2) is 4.99 Å². The Morgan fingerprint density at radius 1 is 1.28 bits per heavy atom. The topological polar surface area (TPSA) is 45.1 Å². The molecule has 4 nitrogen and oxygen atoms in total. The van der Waals surface area contributed by atoms with E-state index in [4.69, 9.17) is 11.2 Å². The highest BCUT2D eigenvalue weighted by Gasteiger charge is 2.09. The van der Waals surface area contributed by atoms with Crippen molar-refractivity contribution in [1.29, 1.82) is 0 Å². The molecule has 2 aromatic carbocycles. The van der Waals surface area contributed by atoms with E-state index >= 15 is 0 Å². The second-order valence-electron chi connectivity index (χ2n) is 5.97. The maximum atomic E-state index is 9.77.